The summed E-state index contributed by atoms with van der Waals surface area (Å²) in [7, 11) is 1.44. The van der Waals surface area contributed by atoms with Gasteiger partial charge in [-0.05, 0) is 12.3 Å². The lowest BCUT2D eigenvalue weighted by molar-refractivity contribution is 0.199. The molecule has 0 saturated heterocycles. The number of hydrogen-bond acceptors (Lipinski definition) is 6. The average molecular weight is 294 g/mol. The van der Waals surface area contributed by atoms with E-state index in [0.717, 1.165) is 0 Å². The van der Waals surface area contributed by atoms with Crippen molar-refractivity contribution in [2.45, 2.75) is 13.3 Å². The highest BCUT2D eigenvalue weighted by atomic mass is 16.5. The van der Waals surface area contributed by atoms with Gasteiger partial charge in [-0.25, -0.2) is 0 Å². The Morgan fingerprint density at radius 3 is 2.86 bits per heavy atom. The molecule has 0 spiro atoms. The summed E-state index contributed by atoms with van der Waals surface area (Å²) in [6, 6.07) is 2.55. The maximum absolute atomic E-state index is 11.8. The van der Waals surface area contributed by atoms with Crippen LogP contribution in [0.2, 0.25) is 0 Å². The van der Waals surface area contributed by atoms with Crippen LogP contribution in [-0.4, -0.2) is 30.5 Å². The van der Waals surface area contributed by atoms with Crippen molar-refractivity contribution in [3.63, 3.8) is 0 Å². The van der Waals surface area contributed by atoms with E-state index in [1.54, 1.807) is 0 Å². The number of aromatic hydroxyl groups is 1. The van der Waals surface area contributed by atoms with Crippen molar-refractivity contribution in [1.82, 2.24) is 0 Å². The van der Waals surface area contributed by atoms with Crippen molar-refractivity contribution in [2.75, 3.05) is 20.3 Å². The molecule has 1 atom stereocenters. The monoisotopic (exact) mass is 294 g/mol. The second kappa shape index (κ2) is 6.49. The third kappa shape index (κ3) is 3.11. The summed E-state index contributed by atoms with van der Waals surface area (Å²) in [5.74, 6) is 0.442. The summed E-state index contributed by atoms with van der Waals surface area (Å²) < 4.78 is 16.1. The maximum atomic E-state index is 11.8. The van der Waals surface area contributed by atoms with Crippen LogP contribution in [-0.2, 0) is 0 Å². The van der Waals surface area contributed by atoms with Gasteiger partial charge in [0.15, 0.2) is 16.8 Å². The van der Waals surface area contributed by atoms with Crippen molar-refractivity contribution in [3.8, 4) is 17.2 Å². The number of fused-ring (bicyclic) bond motifs is 1. The number of aliphatic hydroxyl groups excluding tert-OH is 1. The second-order valence-corrected chi connectivity index (χ2v) is 4.84. The summed E-state index contributed by atoms with van der Waals surface area (Å²) >= 11 is 0. The fourth-order valence-electron chi connectivity index (χ4n) is 1.94. The van der Waals surface area contributed by atoms with Crippen molar-refractivity contribution in [3.05, 3.63) is 28.6 Å². The van der Waals surface area contributed by atoms with Crippen LogP contribution in [0.3, 0.4) is 0 Å². The van der Waals surface area contributed by atoms with Crippen LogP contribution in [0.1, 0.15) is 13.3 Å². The normalized spacial score (nSPS) is 12.3. The van der Waals surface area contributed by atoms with Gasteiger partial charge < -0.3 is 24.1 Å². The molecular weight excluding hydrogens is 276 g/mol. The molecule has 21 heavy (non-hydrogen) atoms. The lowest BCUT2D eigenvalue weighted by Crippen LogP contribution is -2.09. The van der Waals surface area contributed by atoms with E-state index in [4.69, 9.17) is 19.0 Å². The third-order valence-electron chi connectivity index (χ3n) is 3.22. The summed E-state index contributed by atoms with van der Waals surface area (Å²) in [6.07, 6.45) is 1.88. The molecule has 0 aliphatic carbocycles. The summed E-state index contributed by atoms with van der Waals surface area (Å²) in [4.78, 5) is 11.8. The van der Waals surface area contributed by atoms with Crippen LogP contribution >= 0.6 is 0 Å². The third-order valence-corrected chi connectivity index (χ3v) is 3.22. The first-order valence-corrected chi connectivity index (χ1v) is 6.63. The SMILES string of the molecule is COc1cc(O)c2c(=O)ccoc2c1OCC[C@H](C)CO. The molecule has 1 heterocycles. The molecule has 1 aromatic heterocycles. The van der Waals surface area contributed by atoms with E-state index < -0.39 is 0 Å². The summed E-state index contributed by atoms with van der Waals surface area (Å²) in [6.45, 7) is 2.30. The number of phenols is 1. The van der Waals surface area contributed by atoms with Gasteiger partial charge in [0.05, 0.1) is 20.0 Å². The highest BCUT2D eigenvalue weighted by Crippen LogP contribution is 2.39. The minimum atomic E-state index is -0.357. The van der Waals surface area contributed by atoms with Gasteiger partial charge in [-0.3, -0.25) is 4.79 Å². The summed E-state index contributed by atoms with van der Waals surface area (Å²) in [5.41, 5.74) is -0.207. The molecule has 0 unspecified atom stereocenters. The van der Waals surface area contributed by atoms with Crippen molar-refractivity contribution in [2.24, 2.45) is 5.92 Å². The molecule has 2 aromatic rings. The Morgan fingerprint density at radius 1 is 1.43 bits per heavy atom. The topological polar surface area (TPSA) is 89.1 Å². The molecular formula is C15H18O6. The van der Waals surface area contributed by atoms with Crippen LogP contribution in [0.4, 0.5) is 0 Å². The zero-order chi connectivity index (χ0) is 15.4. The molecule has 114 valence electrons. The number of phenolic OH excluding ortho intramolecular Hbond substituents is 1. The molecule has 0 fully saturated rings. The van der Waals surface area contributed by atoms with E-state index >= 15 is 0 Å². The molecule has 0 saturated carbocycles. The molecule has 0 aliphatic heterocycles. The number of benzene rings is 1. The fraction of sp³-hybridized carbons (Fsp3) is 0.400. The number of hydrogen-bond donors (Lipinski definition) is 2. The molecule has 1 aromatic carbocycles. The molecule has 2 N–H and O–H groups in total. The van der Waals surface area contributed by atoms with Gasteiger partial charge in [0.1, 0.15) is 11.1 Å². The lowest BCUT2D eigenvalue weighted by atomic mass is 10.1. The van der Waals surface area contributed by atoms with E-state index in [1.807, 2.05) is 6.92 Å². The molecule has 2 rings (SSSR count). The van der Waals surface area contributed by atoms with Crippen LogP contribution in [0.15, 0.2) is 27.6 Å². The highest BCUT2D eigenvalue weighted by molar-refractivity contribution is 5.90. The van der Waals surface area contributed by atoms with Crippen LogP contribution < -0.4 is 14.9 Å². The Kier molecular flexibility index (Phi) is 4.70. The molecule has 6 nitrogen and oxygen atoms in total. The van der Waals surface area contributed by atoms with E-state index in [9.17, 15) is 9.90 Å². The zero-order valence-electron chi connectivity index (χ0n) is 12.0. The Hall–Kier alpha value is -2.21. The van der Waals surface area contributed by atoms with Crippen LogP contribution in [0.25, 0.3) is 11.0 Å². The van der Waals surface area contributed by atoms with Gasteiger partial charge in [-0.2, -0.15) is 0 Å². The quantitative estimate of drug-likeness (QED) is 0.846. The first kappa shape index (κ1) is 15.2. The van der Waals surface area contributed by atoms with E-state index in [2.05, 4.69) is 0 Å². The summed E-state index contributed by atoms with van der Waals surface area (Å²) in [5, 5.41) is 19.0. The minimum Gasteiger partial charge on any atom is -0.507 e. The Morgan fingerprint density at radius 2 is 2.19 bits per heavy atom. The number of methoxy groups -OCH3 is 1. The van der Waals surface area contributed by atoms with Gasteiger partial charge >= 0.3 is 0 Å². The minimum absolute atomic E-state index is 0.0588. The standard InChI is InChI=1S/C15H18O6/c1-9(8-16)3-5-20-14-12(19-2)7-11(18)13-10(17)4-6-21-15(13)14/h4,6-7,9,16,18H,3,5,8H2,1-2H3/t9-/m0/s1. The first-order chi connectivity index (χ1) is 10.1. The van der Waals surface area contributed by atoms with Gasteiger partial charge in [0, 0.05) is 18.7 Å². The number of rotatable bonds is 6. The van der Waals surface area contributed by atoms with Gasteiger partial charge in [0.2, 0.25) is 5.75 Å². The molecule has 0 radical (unpaired) electrons. The predicted octanol–water partition coefficient (Wildman–Crippen LogP) is 1.90. The molecule has 6 heteroatoms. The molecule has 0 amide bonds. The Bertz CT molecular complexity index is 676. The van der Waals surface area contributed by atoms with Gasteiger partial charge in [-0.1, -0.05) is 6.92 Å². The Balaban J connectivity index is 2.43. The second-order valence-electron chi connectivity index (χ2n) is 4.84. The first-order valence-electron chi connectivity index (χ1n) is 6.63. The van der Waals surface area contributed by atoms with Crippen LogP contribution in [0.5, 0.6) is 17.2 Å². The zero-order valence-corrected chi connectivity index (χ0v) is 12.0. The smallest absolute Gasteiger partial charge is 0.205 e. The fourth-order valence-corrected chi connectivity index (χ4v) is 1.94. The lowest BCUT2D eigenvalue weighted by Gasteiger charge is -2.14. The highest BCUT2D eigenvalue weighted by Gasteiger charge is 2.18. The van der Waals surface area contributed by atoms with Crippen molar-refractivity contribution < 1.29 is 24.1 Å². The van der Waals surface area contributed by atoms with E-state index in [-0.39, 0.29) is 46.2 Å². The van der Waals surface area contributed by atoms with Gasteiger partial charge in [0.25, 0.3) is 0 Å². The number of aliphatic hydroxyl groups is 1. The molecule has 0 aliphatic rings. The van der Waals surface area contributed by atoms with Crippen LogP contribution in [0, 0.1) is 5.92 Å². The maximum Gasteiger partial charge on any atom is 0.205 e. The Labute approximate surface area is 121 Å². The molecule has 0 bridgehead atoms. The average Bonchev–Trinajstić information content (AvgIpc) is 2.48. The largest absolute Gasteiger partial charge is 0.507 e. The predicted molar refractivity (Wildman–Crippen MR) is 77.1 cm³/mol. The van der Waals surface area contributed by atoms with E-state index in [1.165, 1.54) is 25.5 Å². The van der Waals surface area contributed by atoms with Gasteiger partial charge in [-0.15, -0.1) is 0 Å². The van der Waals surface area contributed by atoms with Crippen molar-refractivity contribution in [1.29, 1.82) is 0 Å². The van der Waals surface area contributed by atoms with E-state index in [0.29, 0.717) is 13.0 Å². The van der Waals surface area contributed by atoms with Crippen molar-refractivity contribution >= 4 is 11.0 Å². The number of ether oxygens (including phenoxy) is 2.